The normalized spacial score (nSPS) is 10.9. The fraction of sp³-hybridized carbons (Fsp3) is 0.174. The minimum atomic E-state index is -1.11. The number of primary amides is 1. The molecule has 3 aromatic rings. The van der Waals surface area contributed by atoms with E-state index >= 15 is 0 Å². The number of aryl methyl sites for hydroxylation is 2. The van der Waals surface area contributed by atoms with Gasteiger partial charge in [0.25, 0.3) is 5.91 Å². The fourth-order valence-corrected chi connectivity index (χ4v) is 2.94. The van der Waals surface area contributed by atoms with Gasteiger partial charge in [-0.3, -0.25) is 9.59 Å². The Bertz CT molecular complexity index is 1220. The van der Waals surface area contributed by atoms with Crippen LogP contribution in [0.3, 0.4) is 0 Å². The molecule has 33 heavy (non-hydrogen) atoms. The van der Waals surface area contributed by atoms with E-state index in [1.165, 1.54) is 13.2 Å². The third-order valence-electron chi connectivity index (χ3n) is 4.75. The van der Waals surface area contributed by atoms with Crippen LogP contribution < -0.4 is 20.5 Å². The number of hydrogen-bond donors (Lipinski definition) is 2. The molecular weight excluding hydrogens is 436 g/mol. The summed E-state index contributed by atoms with van der Waals surface area (Å²) in [5.41, 5.74) is 6.31. The molecule has 3 rings (SSSR count). The lowest BCUT2D eigenvalue weighted by Crippen LogP contribution is -2.16. The second-order valence-electron chi connectivity index (χ2n) is 7.00. The summed E-state index contributed by atoms with van der Waals surface area (Å²) in [4.78, 5) is 23.4. The standard InChI is InChI=1S/C23H21F2N3O5/c1-12-16(13(2)33-28-12)11-32-20-6-4-14(8-21(20)31-3)5-7-22(29)27-19-9-15(23(26)30)17(24)10-18(19)25/h4-10H,11H2,1-3H3,(H2,26,30)(H,27,29)/b7-5+. The molecule has 1 aromatic heterocycles. The van der Waals surface area contributed by atoms with Crippen LogP contribution in [0.4, 0.5) is 14.5 Å². The number of nitrogens with two attached hydrogens (primary N) is 1. The van der Waals surface area contributed by atoms with Gasteiger partial charge in [0.15, 0.2) is 11.5 Å². The molecule has 3 N–H and O–H groups in total. The highest BCUT2D eigenvalue weighted by molar-refractivity contribution is 6.03. The molecule has 172 valence electrons. The molecule has 0 aliphatic rings. The molecule has 0 spiro atoms. The summed E-state index contributed by atoms with van der Waals surface area (Å²) in [6, 6.07) is 6.33. The molecule has 2 amide bonds. The number of hydrogen-bond acceptors (Lipinski definition) is 6. The van der Waals surface area contributed by atoms with Crippen molar-refractivity contribution in [3.63, 3.8) is 0 Å². The first-order chi connectivity index (χ1) is 15.7. The Morgan fingerprint density at radius 3 is 2.55 bits per heavy atom. The zero-order valence-corrected chi connectivity index (χ0v) is 18.1. The number of nitrogens with zero attached hydrogens (tertiary/aromatic N) is 1. The summed E-state index contributed by atoms with van der Waals surface area (Å²) in [5.74, 6) is -2.36. The van der Waals surface area contributed by atoms with Crippen LogP contribution >= 0.6 is 0 Å². The van der Waals surface area contributed by atoms with Crippen LogP contribution in [0.1, 0.15) is 32.9 Å². The SMILES string of the molecule is COc1cc(/C=C/C(=O)Nc2cc(C(N)=O)c(F)cc2F)ccc1OCc1c(C)noc1C. The van der Waals surface area contributed by atoms with E-state index in [9.17, 15) is 18.4 Å². The monoisotopic (exact) mass is 457 g/mol. The summed E-state index contributed by atoms with van der Waals surface area (Å²) in [7, 11) is 1.48. The zero-order valence-electron chi connectivity index (χ0n) is 18.1. The summed E-state index contributed by atoms with van der Waals surface area (Å²) >= 11 is 0. The van der Waals surface area contributed by atoms with Gasteiger partial charge in [0.05, 0.1) is 29.6 Å². The highest BCUT2D eigenvalue weighted by Crippen LogP contribution is 2.30. The summed E-state index contributed by atoms with van der Waals surface area (Å²) in [5, 5.41) is 6.12. The van der Waals surface area contributed by atoms with Gasteiger partial charge in [-0.1, -0.05) is 11.2 Å². The zero-order chi connectivity index (χ0) is 24.1. The number of carbonyl (C=O) groups excluding carboxylic acids is 2. The van der Waals surface area contributed by atoms with Crippen molar-refractivity contribution in [2.24, 2.45) is 5.73 Å². The van der Waals surface area contributed by atoms with Gasteiger partial charge < -0.3 is 25.0 Å². The van der Waals surface area contributed by atoms with Crippen LogP contribution in [0.2, 0.25) is 0 Å². The molecule has 0 aliphatic heterocycles. The number of aromatic nitrogens is 1. The molecule has 0 aliphatic carbocycles. The van der Waals surface area contributed by atoms with Gasteiger partial charge >= 0.3 is 0 Å². The number of benzene rings is 2. The molecule has 8 nitrogen and oxygen atoms in total. The molecule has 0 unspecified atom stereocenters. The Morgan fingerprint density at radius 2 is 1.91 bits per heavy atom. The highest BCUT2D eigenvalue weighted by Gasteiger charge is 2.15. The predicted octanol–water partition coefficient (Wildman–Crippen LogP) is 3.91. The third kappa shape index (κ3) is 5.53. The van der Waals surface area contributed by atoms with Crippen molar-refractivity contribution in [2.45, 2.75) is 20.5 Å². The van der Waals surface area contributed by atoms with Gasteiger partial charge in [-0.05, 0) is 43.7 Å². The van der Waals surface area contributed by atoms with Crippen molar-refractivity contribution < 1.29 is 32.4 Å². The maximum atomic E-state index is 13.9. The minimum absolute atomic E-state index is 0.242. The Kier molecular flexibility index (Phi) is 7.07. The van der Waals surface area contributed by atoms with Crippen LogP contribution in [0.15, 0.2) is 40.9 Å². The highest BCUT2D eigenvalue weighted by atomic mass is 19.1. The van der Waals surface area contributed by atoms with E-state index in [1.807, 2.05) is 6.92 Å². The van der Waals surface area contributed by atoms with Crippen molar-refractivity contribution in [1.29, 1.82) is 0 Å². The van der Waals surface area contributed by atoms with Crippen molar-refractivity contribution in [1.82, 2.24) is 5.16 Å². The molecular formula is C23H21F2N3O5. The second-order valence-corrected chi connectivity index (χ2v) is 7.00. The third-order valence-corrected chi connectivity index (χ3v) is 4.75. The van der Waals surface area contributed by atoms with Gasteiger partial charge in [0, 0.05) is 12.1 Å². The number of anilines is 1. The van der Waals surface area contributed by atoms with Gasteiger partial charge in [0.2, 0.25) is 5.91 Å². The van der Waals surface area contributed by atoms with E-state index < -0.39 is 29.0 Å². The molecule has 0 saturated carbocycles. The molecule has 1 heterocycles. The summed E-state index contributed by atoms with van der Waals surface area (Å²) in [6.45, 7) is 3.85. The second kappa shape index (κ2) is 9.94. The largest absolute Gasteiger partial charge is 0.493 e. The van der Waals surface area contributed by atoms with Crippen LogP contribution in [-0.4, -0.2) is 24.1 Å². The van der Waals surface area contributed by atoms with E-state index in [0.29, 0.717) is 28.9 Å². The molecule has 0 bridgehead atoms. The number of nitrogens with one attached hydrogen (secondary N) is 1. The van der Waals surface area contributed by atoms with E-state index in [1.54, 1.807) is 25.1 Å². The van der Waals surface area contributed by atoms with Crippen LogP contribution in [0.5, 0.6) is 11.5 Å². The van der Waals surface area contributed by atoms with E-state index in [2.05, 4.69) is 10.5 Å². The lowest BCUT2D eigenvalue weighted by Gasteiger charge is -2.11. The van der Waals surface area contributed by atoms with Crippen molar-refractivity contribution in [2.75, 3.05) is 12.4 Å². The first-order valence-electron chi connectivity index (χ1n) is 9.70. The number of methoxy groups -OCH3 is 1. The molecule has 2 aromatic carbocycles. The van der Waals surface area contributed by atoms with Crippen LogP contribution in [0, 0.1) is 25.5 Å². The van der Waals surface area contributed by atoms with Crippen LogP contribution in [-0.2, 0) is 11.4 Å². The molecule has 0 atom stereocenters. The summed E-state index contributed by atoms with van der Waals surface area (Å²) in [6.07, 6.45) is 2.61. The average molecular weight is 457 g/mol. The first kappa shape index (κ1) is 23.5. The predicted molar refractivity (Wildman–Crippen MR) is 116 cm³/mol. The molecule has 0 saturated heterocycles. The van der Waals surface area contributed by atoms with Gasteiger partial charge in [-0.15, -0.1) is 0 Å². The van der Waals surface area contributed by atoms with Crippen molar-refractivity contribution in [3.05, 3.63) is 76.2 Å². The Hall–Kier alpha value is -4.21. The van der Waals surface area contributed by atoms with E-state index in [0.717, 1.165) is 23.4 Å². The average Bonchev–Trinajstić information content (AvgIpc) is 3.09. The molecule has 10 heteroatoms. The quantitative estimate of drug-likeness (QED) is 0.496. The maximum absolute atomic E-state index is 13.9. The summed E-state index contributed by atoms with van der Waals surface area (Å²) < 4.78 is 43.8. The Labute approximate surface area is 188 Å². The Morgan fingerprint density at radius 1 is 1.15 bits per heavy atom. The number of carbonyl (C=O) groups is 2. The smallest absolute Gasteiger partial charge is 0.251 e. The molecule has 0 fully saturated rings. The Balaban J connectivity index is 1.70. The topological polar surface area (TPSA) is 117 Å². The number of amides is 2. The lowest BCUT2D eigenvalue weighted by molar-refractivity contribution is -0.111. The van der Waals surface area contributed by atoms with Gasteiger partial charge in [0.1, 0.15) is 24.0 Å². The molecule has 0 radical (unpaired) electrons. The maximum Gasteiger partial charge on any atom is 0.251 e. The minimum Gasteiger partial charge on any atom is -0.493 e. The fourth-order valence-electron chi connectivity index (χ4n) is 2.94. The number of rotatable bonds is 8. The van der Waals surface area contributed by atoms with E-state index in [4.69, 9.17) is 19.7 Å². The van der Waals surface area contributed by atoms with Gasteiger partial charge in [-0.25, -0.2) is 8.78 Å². The number of ether oxygens (including phenoxy) is 2. The van der Waals surface area contributed by atoms with E-state index in [-0.39, 0.29) is 12.3 Å². The van der Waals surface area contributed by atoms with Crippen LogP contribution in [0.25, 0.3) is 6.08 Å². The first-order valence-corrected chi connectivity index (χ1v) is 9.70. The lowest BCUT2D eigenvalue weighted by atomic mass is 10.1. The van der Waals surface area contributed by atoms with Crippen molar-refractivity contribution >= 4 is 23.6 Å². The number of halogens is 2. The van der Waals surface area contributed by atoms with Crippen molar-refractivity contribution in [3.8, 4) is 11.5 Å². The van der Waals surface area contributed by atoms with Gasteiger partial charge in [-0.2, -0.15) is 0 Å².